The van der Waals surface area contributed by atoms with Crippen LogP contribution < -0.4 is 5.32 Å². The molecule has 1 N–H and O–H groups in total. The molecule has 1 amide bonds. The quantitative estimate of drug-likeness (QED) is 0.919. The van der Waals surface area contributed by atoms with Crippen LogP contribution in [0.2, 0.25) is 0 Å². The molecule has 0 aliphatic heterocycles. The highest BCUT2D eigenvalue weighted by molar-refractivity contribution is 9.10. The van der Waals surface area contributed by atoms with Gasteiger partial charge >= 0.3 is 0 Å². The first-order chi connectivity index (χ1) is 9.74. The summed E-state index contributed by atoms with van der Waals surface area (Å²) in [4.78, 5) is 16.4. The van der Waals surface area contributed by atoms with Gasteiger partial charge in [-0.15, -0.1) is 0 Å². The summed E-state index contributed by atoms with van der Waals surface area (Å²) in [6.07, 6.45) is 4.53. The van der Waals surface area contributed by atoms with Gasteiger partial charge in [0, 0.05) is 16.7 Å². The summed E-state index contributed by atoms with van der Waals surface area (Å²) >= 11 is 3.36. The number of pyridine rings is 1. The molecule has 1 aliphatic rings. The van der Waals surface area contributed by atoms with Crippen LogP contribution >= 0.6 is 15.9 Å². The fraction of sp³-hybridized carbons (Fsp3) is 0.250. The lowest BCUT2D eigenvalue weighted by Gasteiger charge is -2.25. The molecule has 0 saturated carbocycles. The fourth-order valence-electron chi connectivity index (χ4n) is 2.63. The zero-order chi connectivity index (χ0) is 13.9. The first-order valence-electron chi connectivity index (χ1n) is 6.72. The number of hydrogen-bond acceptors (Lipinski definition) is 2. The van der Waals surface area contributed by atoms with Crippen molar-refractivity contribution in [1.29, 1.82) is 0 Å². The number of nitrogens with zero attached hydrogens (tertiary/aromatic N) is 1. The van der Waals surface area contributed by atoms with E-state index >= 15 is 0 Å². The lowest BCUT2D eigenvalue weighted by atomic mass is 9.88. The predicted molar refractivity (Wildman–Crippen MR) is 81.7 cm³/mol. The van der Waals surface area contributed by atoms with E-state index < -0.39 is 0 Å². The molecule has 0 saturated heterocycles. The van der Waals surface area contributed by atoms with Crippen molar-refractivity contribution in [3.05, 3.63) is 63.9 Å². The molecular weight excluding hydrogens is 316 g/mol. The van der Waals surface area contributed by atoms with Crippen LogP contribution in [0.3, 0.4) is 0 Å². The van der Waals surface area contributed by atoms with E-state index in [-0.39, 0.29) is 11.9 Å². The molecule has 1 aromatic heterocycles. The minimum Gasteiger partial charge on any atom is -0.348 e. The molecule has 1 unspecified atom stereocenters. The van der Waals surface area contributed by atoms with E-state index in [4.69, 9.17) is 0 Å². The maximum absolute atomic E-state index is 12.2. The van der Waals surface area contributed by atoms with Crippen LogP contribution in [-0.4, -0.2) is 16.9 Å². The number of hydrogen-bond donors (Lipinski definition) is 1. The number of aryl methyl sites for hydroxylation is 1. The van der Waals surface area contributed by atoms with Gasteiger partial charge in [-0.3, -0.25) is 4.79 Å². The average molecular weight is 331 g/mol. The van der Waals surface area contributed by atoms with Gasteiger partial charge in [0.15, 0.2) is 0 Å². The third-order valence-electron chi connectivity index (χ3n) is 3.66. The highest BCUT2D eigenvalue weighted by Gasteiger charge is 2.21. The second-order valence-corrected chi connectivity index (χ2v) is 5.87. The molecule has 1 aromatic carbocycles. The number of carbonyl (C=O) groups excluding carboxylic acids is 1. The van der Waals surface area contributed by atoms with Crippen LogP contribution in [0, 0.1) is 0 Å². The van der Waals surface area contributed by atoms with Gasteiger partial charge in [0.2, 0.25) is 0 Å². The maximum Gasteiger partial charge on any atom is 0.271 e. The topological polar surface area (TPSA) is 42.0 Å². The molecule has 0 spiro atoms. The highest BCUT2D eigenvalue weighted by atomic mass is 79.9. The Balaban J connectivity index is 1.71. The zero-order valence-corrected chi connectivity index (χ0v) is 12.6. The van der Waals surface area contributed by atoms with E-state index in [0.717, 1.165) is 23.7 Å². The number of rotatable bonds is 2. The molecule has 4 heteroatoms. The largest absolute Gasteiger partial charge is 0.348 e. The molecular formula is C16H15BrN2O. The molecule has 102 valence electrons. The van der Waals surface area contributed by atoms with Crippen LogP contribution in [0.5, 0.6) is 0 Å². The van der Waals surface area contributed by atoms with Crippen molar-refractivity contribution in [1.82, 2.24) is 10.3 Å². The number of carbonyl (C=O) groups is 1. The van der Waals surface area contributed by atoms with Gasteiger partial charge in [-0.2, -0.15) is 0 Å². The van der Waals surface area contributed by atoms with E-state index in [1.165, 1.54) is 11.1 Å². The summed E-state index contributed by atoms with van der Waals surface area (Å²) in [6, 6.07) is 12.3. The van der Waals surface area contributed by atoms with E-state index in [9.17, 15) is 4.79 Å². The molecule has 2 aromatic rings. The number of nitrogens with one attached hydrogen (secondary N) is 1. The molecule has 1 heterocycles. The number of amides is 1. The molecule has 1 aliphatic carbocycles. The second kappa shape index (κ2) is 5.75. The smallest absolute Gasteiger partial charge is 0.271 e. The van der Waals surface area contributed by atoms with Crippen LogP contribution in [0.1, 0.15) is 28.0 Å². The van der Waals surface area contributed by atoms with Gasteiger partial charge in [0.1, 0.15) is 5.69 Å². The van der Waals surface area contributed by atoms with E-state index in [0.29, 0.717) is 5.69 Å². The predicted octanol–water partition coefficient (Wildman–Crippen LogP) is 3.13. The molecule has 0 radical (unpaired) electrons. The van der Waals surface area contributed by atoms with E-state index in [1.54, 1.807) is 12.3 Å². The Kier molecular flexibility index (Phi) is 3.83. The minimum absolute atomic E-state index is 0.109. The Labute approximate surface area is 126 Å². The van der Waals surface area contributed by atoms with Gasteiger partial charge in [-0.25, -0.2) is 4.98 Å². The standard InChI is InChI=1S/C16H15BrN2O/c17-14-6-3-9-18-15(14)16(20)19-13-8-7-11-4-1-2-5-12(11)10-13/h1-6,9,13H,7-8,10H2,(H,19,20). The molecule has 3 nitrogen and oxygen atoms in total. The highest BCUT2D eigenvalue weighted by Crippen LogP contribution is 2.21. The first kappa shape index (κ1) is 13.3. The first-order valence-corrected chi connectivity index (χ1v) is 7.51. The van der Waals surface area contributed by atoms with Crippen molar-refractivity contribution in [3.63, 3.8) is 0 Å². The maximum atomic E-state index is 12.2. The minimum atomic E-state index is -0.109. The summed E-state index contributed by atoms with van der Waals surface area (Å²) in [5.41, 5.74) is 3.19. The zero-order valence-electron chi connectivity index (χ0n) is 11.0. The Morgan fingerprint density at radius 3 is 2.80 bits per heavy atom. The number of halogens is 1. The van der Waals surface area contributed by atoms with Gasteiger partial charge in [0.05, 0.1) is 0 Å². The normalized spacial score (nSPS) is 17.4. The average Bonchev–Trinajstić information content (AvgIpc) is 2.47. The summed E-state index contributed by atoms with van der Waals surface area (Å²) in [5.74, 6) is -0.109. The second-order valence-electron chi connectivity index (χ2n) is 5.02. The Hall–Kier alpha value is -1.68. The summed E-state index contributed by atoms with van der Waals surface area (Å²) < 4.78 is 0.730. The molecule has 0 bridgehead atoms. The van der Waals surface area contributed by atoms with Crippen molar-refractivity contribution in [2.24, 2.45) is 0 Å². The Morgan fingerprint density at radius 2 is 2.00 bits per heavy atom. The Bertz CT molecular complexity index is 642. The van der Waals surface area contributed by atoms with Gasteiger partial charge < -0.3 is 5.32 Å². The van der Waals surface area contributed by atoms with Gasteiger partial charge in [-0.05, 0) is 58.5 Å². The van der Waals surface area contributed by atoms with E-state index in [2.05, 4.69) is 50.5 Å². The van der Waals surface area contributed by atoms with Gasteiger partial charge in [-0.1, -0.05) is 24.3 Å². The third kappa shape index (κ3) is 2.75. The molecule has 1 atom stereocenters. The fourth-order valence-corrected chi connectivity index (χ4v) is 3.06. The van der Waals surface area contributed by atoms with Crippen molar-refractivity contribution >= 4 is 21.8 Å². The molecule has 3 rings (SSSR count). The number of fused-ring (bicyclic) bond motifs is 1. The van der Waals surface area contributed by atoms with Crippen molar-refractivity contribution in [2.75, 3.05) is 0 Å². The monoisotopic (exact) mass is 330 g/mol. The Morgan fingerprint density at radius 1 is 1.20 bits per heavy atom. The number of benzene rings is 1. The summed E-state index contributed by atoms with van der Waals surface area (Å²) in [7, 11) is 0. The van der Waals surface area contributed by atoms with Crippen molar-refractivity contribution in [2.45, 2.75) is 25.3 Å². The number of aromatic nitrogens is 1. The van der Waals surface area contributed by atoms with Crippen LogP contribution in [-0.2, 0) is 12.8 Å². The van der Waals surface area contributed by atoms with Crippen molar-refractivity contribution in [3.8, 4) is 0 Å². The summed E-state index contributed by atoms with van der Waals surface area (Å²) in [5, 5.41) is 3.09. The molecule has 20 heavy (non-hydrogen) atoms. The van der Waals surface area contributed by atoms with Crippen LogP contribution in [0.4, 0.5) is 0 Å². The van der Waals surface area contributed by atoms with Gasteiger partial charge in [0.25, 0.3) is 5.91 Å². The lowest BCUT2D eigenvalue weighted by molar-refractivity contribution is 0.0928. The van der Waals surface area contributed by atoms with Crippen LogP contribution in [0.15, 0.2) is 47.1 Å². The van der Waals surface area contributed by atoms with Crippen molar-refractivity contribution < 1.29 is 4.79 Å². The van der Waals surface area contributed by atoms with Crippen LogP contribution in [0.25, 0.3) is 0 Å². The molecule has 0 fully saturated rings. The third-order valence-corrected chi connectivity index (χ3v) is 4.30. The van der Waals surface area contributed by atoms with E-state index in [1.807, 2.05) is 6.07 Å². The lowest BCUT2D eigenvalue weighted by Crippen LogP contribution is -2.39. The summed E-state index contributed by atoms with van der Waals surface area (Å²) in [6.45, 7) is 0. The SMILES string of the molecule is O=C(NC1CCc2ccccc2C1)c1ncccc1Br.